The number of nitrogens with zero attached hydrogens (tertiary/aromatic N) is 2. The first-order valence-corrected chi connectivity index (χ1v) is 8.53. The molecule has 0 unspecified atom stereocenters. The van der Waals surface area contributed by atoms with E-state index in [9.17, 15) is 12.8 Å². The summed E-state index contributed by atoms with van der Waals surface area (Å²) in [5.41, 5.74) is 0.354. The zero-order valence-electron chi connectivity index (χ0n) is 13.2. The van der Waals surface area contributed by atoms with Gasteiger partial charge in [0.25, 0.3) is 0 Å². The summed E-state index contributed by atoms with van der Waals surface area (Å²) in [5.74, 6) is -0.412. The van der Waals surface area contributed by atoms with Crippen LogP contribution in [0, 0.1) is 5.82 Å². The summed E-state index contributed by atoms with van der Waals surface area (Å²) in [6.07, 6.45) is 0.228. The van der Waals surface area contributed by atoms with Gasteiger partial charge in [-0.25, -0.2) is 9.37 Å². The number of rotatable bonds is 6. The predicted molar refractivity (Wildman–Crippen MR) is 82.3 cm³/mol. The number of hydrogen-bond donors (Lipinski definition) is 1. The summed E-state index contributed by atoms with van der Waals surface area (Å²) in [6.45, 7) is 3.48. The van der Waals surface area contributed by atoms with E-state index in [2.05, 4.69) is 4.98 Å². The van der Waals surface area contributed by atoms with Crippen molar-refractivity contribution in [2.75, 3.05) is 6.61 Å². The zero-order chi connectivity index (χ0) is 17.2. The highest BCUT2D eigenvalue weighted by Gasteiger charge is 2.29. The Labute approximate surface area is 134 Å². The van der Waals surface area contributed by atoms with Crippen molar-refractivity contribution in [3.63, 3.8) is 0 Å². The van der Waals surface area contributed by atoms with Crippen molar-refractivity contribution >= 4 is 10.1 Å². The van der Waals surface area contributed by atoms with Gasteiger partial charge in [0.05, 0.1) is 12.3 Å². The molecule has 1 aromatic carbocycles. The summed E-state index contributed by atoms with van der Waals surface area (Å²) < 4.78 is 44.9. The standard InChI is InChI=1S/C15H19FN2O4S/c1-10(2)14-15(18(3)13(17-14)7-8-19)23(20,21)22-12-6-4-5-11(16)9-12/h4-6,9-10,19H,7-8H2,1-3H3. The van der Waals surface area contributed by atoms with Gasteiger partial charge in [0.15, 0.2) is 5.03 Å². The second-order valence-corrected chi connectivity index (χ2v) is 6.86. The lowest BCUT2D eigenvalue weighted by Gasteiger charge is -2.11. The normalized spacial score (nSPS) is 11.9. The van der Waals surface area contributed by atoms with Crippen LogP contribution in [0.25, 0.3) is 0 Å². The number of halogens is 1. The molecule has 0 bridgehead atoms. The van der Waals surface area contributed by atoms with Gasteiger partial charge in [0.2, 0.25) is 0 Å². The maximum atomic E-state index is 13.2. The molecule has 0 aliphatic heterocycles. The van der Waals surface area contributed by atoms with Crippen molar-refractivity contribution < 1.29 is 22.1 Å². The molecule has 0 amide bonds. The molecule has 2 rings (SSSR count). The Balaban J connectivity index is 2.50. The number of hydrogen-bond acceptors (Lipinski definition) is 5. The number of aliphatic hydroxyl groups excluding tert-OH is 1. The minimum Gasteiger partial charge on any atom is -0.396 e. The van der Waals surface area contributed by atoms with Crippen LogP contribution < -0.4 is 4.18 Å². The van der Waals surface area contributed by atoms with E-state index in [0.717, 1.165) is 6.07 Å². The van der Waals surface area contributed by atoms with E-state index in [0.29, 0.717) is 11.5 Å². The largest absolute Gasteiger partial charge is 0.396 e. The summed E-state index contributed by atoms with van der Waals surface area (Å²) in [6, 6.07) is 4.92. The first-order chi connectivity index (χ1) is 10.8. The van der Waals surface area contributed by atoms with Crippen LogP contribution in [-0.2, 0) is 23.6 Å². The molecule has 0 atom stereocenters. The summed E-state index contributed by atoms with van der Waals surface area (Å²) in [7, 11) is -2.63. The molecule has 0 saturated heterocycles. The van der Waals surface area contributed by atoms with Gasteiger partial charge in [0, 0.05) is 19.5 Å². The summed E-state index contributed by atoms with van der Waals surface area (Å²) in [5, 5.41) is 8.99. The Morgan fingerprint density at radius 2 is 2.09 bits per heavy atom. The Kier molecular flexibility index (Phi) is 5.06. The van der Waals surface area contributed by atoms with Crippen molar-refractivity contribution in [1.29, 1.82) is 0 Å². The van der Waals surface area contributed by atoms with Gasteiger partial charge in [-0.3, -0.25) is 0 Å². The molecule has 0 fully saturated rings. The van der Waals surface area contributed by atoms with E-state index in [-0.39, 0.29) is 29.7 Å². The minimum atomic E-state index is -4.18. The highest BCUT2D eigenvalue weighted by Crippen LogP contribution is 2.27. The second kappa shape index (κ2) is 6.67. The van der Waals surface area contributed by atoms with Gasteiger partial charge in [0.1, 0.15) is 17.4 Å². The minimum absolute atomic E-state index is 0.0831. The topological polar surface area (TPSA) is 81.4 Å². The third-order valence-electron chi connectivity index (χ3n) is 3.28. The molecular weight excluding hydrogens is 323 g/mol. The number of benzene rings is 1. The van der Waals surface area contributed by atoms with E-state index in [4.69, 9.17) is 9.29 Å². The highest BCUT2D eigenvalue weighted by molar-refractivity contribution is 7.87. The smallest absolute Gasteiger partial charge is 0.356 e. The van der Waals surface area contributed by atoms with E-state index in [1.807, 2.05) is 13.8 Å². The molecule has 0 radical (unpaired) electrons. The first kappa shape index (κ1) is 17.4. The Bertz CT molecular complexity index is 800. The van der Waals surface area contributed by atoms with Crippen molar-refractivity contribution in [2.45, 2.75) is 31.2 Å². The molecule has 1 N–H and O–H groups in total. The summed E-state index contributed by atoms with van der Waals surface area (Å²) >= 11 is 0. The molecule has 0 saturated carbocycles. The number of aliphatic hydroxyl groups is 1. The van der Waals surface area contributed by atoms with E-state index >= 15 is 0 Å². The fourth-order valence-corrected chi connectivity index (χ4v) is 3.65. The van der Waals surface area contributed by atoms with Gasteiger partial charge in [-0.05, 0) is 18.1 Å². The van der Waals surface area contributed by atoms with Gasteiger partial charge in [-0.1, -0.05) is 19.9 Å². The number of aromatic nitrogens is 2. The Morgan fingerprint density at radius 3 is 2.65 bits per heavy atom. The van der Waals surface area contributed by atoms with Gasteiger partial charge in [-0.2, -0.15) is 8.42 Å². The average molecular weight is 342 g/mol. The van der Waals surface area contributed by atoms with E-state index in [1.165, 1.54) is 22.8 Å². The fourth-order valence-electron chi connectivity index (χ4n) is 2.23. The highest BCUT2D eigenvalue weighted by atomic mass is 32.2. The molecule has 126 valence electrons. The lowest BCUT2D eigenvalue weighted by atomic mass is 10.1. The molecule has 1 heterocycles. The monoisotopic (exact) mass is 342 g/mol. The molecule has 2 aromatic rings. The quantitative estimate of drug-likeness (QED) is 0.812. The molecule has 6 nitrogen and oxygen atoms in total. The van der Waals surface area contributed by atoms with Gasteiger partial charge < -0.3 is 13.9 Å². The van der Waals surface area contributed by atoms with E-state index < -0.39 is 15.9 Å². The second-order valence-electron chi connectivity index (χ2n) is 5.40. The third-order valence-corrected chi connectivity index (χ3v) is 4.65. The van der Waals surface area contributed by atoms with Crippen LogP contribution in [0.2, 0.25) is 0 Å². The SMILES string of the molecule is CC(C)c1nc(CCO)n(C)c1S(=O)(=O)Oc1cccc(F)c1. The molecule has 0 spiro atoms. The molecule has 23 heavy (non-hydrogen) atoms. The Morgan fingerprint density at radius 1 is 1.39 bits per heavy atom. The summed E-state index contributed by atoms with van der Waals surface area (Å²) in [4.78, 5) is 4.29. The molecular formula is C15H19FN2O4S. The molecule has 8 heteroatoms. The predicted octanol–water partition coefficient (Wildman–Crippen LogP) is 1.99. The lowest BCUT2D eigenvalue weighted by Crippen LogP contribution is -2.17. The van der Waals surface area contributed by atoms with E-state index in [1.54, 1.807) is 7.05 Å². The van der Waals surface area contributed by atoms with Crippen LogP contribution >= 0.6 is 0 Å². The van der Waals surface area contributed by atoms with Crippen LogP contribution in [0.3, 0.4) is 0 Å². The average Bonchev–Trinajstić information content (AvgIpc) is 2.77. The van der Waals surface area contributed by atoms with Gasteiger partial charge in [-0.15, -0.1) is 0 Å². The van der Waals surface area contributed by atoms with Crippen LogP contribution in [0.15, 0.2) is 29.3 Å². The molecule has 0 aliphatic carbocycles. The maximum absolute atomic E-state index is 13.2. The van der Waals surface area contributed by atoms with Crippen LogP contribution in [-0.4, -0.2) is 29.7 Å². The fraction of sp³-hybridized carbons (Fsp3) is 0.400. The number of imidazole rings is 1. The van der Waals surface area contributed by atoms with Crippen molar-refractivity contribution in [1.82, 2.24) is 9.55 Å². The van der Waals surface area contributed by atoms with Gasteiger partial charge >= 0.3 is 10.1 Å². The molecule has 0 aliphatic rings. The maximum Gasteiger partial charge on any atom is 0.356 e. The Hall–Kier alpha value is -1.93. The van der Waals surface area contributed by atoms with Crippen molar-refractivity contribution in [2.24, 2.45) is 7.05 Å². The van der Waals surface area contributed by atoms with Crippen molar-refractivity contribution in [3.05, 3.63) is 41.6 Å². The van der Waals surface area contributed by atoms with Crippen LogP contribution in [0.1, 0.15) is 31.3 Å². The van der Waals surface area contributed by atoms with Crippen LogP contribution in [0.5, 0.6) is 5.75 Å². The third kappa shape index (κ3) is 3.70. The van der Waals surface area contributed by atoms with Crippen LogP contribution in [0.4, 0.5) is 4.39 Å². The van der Waals surface area contributed by atoms with Crippen molar-refractivity contribution in [3.8, 4) is 5.75 Å². The first-order valence-electron chi connectivity index (χ1n) is 7.12. The molecule has 1 aromatic heterocycles. The zero-order valence-corrected chi connectivity index (χ0v) is 14.0. The lowest BCUT2D eigenvalue weighted by molar-refractivity contribution is 0.295.